The van der Waals surface area contributed by atoms with Gasteiger partial charge >= 0.3 is 0 Å². The molecule has 1 atom stereocenters. The van der Waals surface area contributed by atoms with Gasteiger partial charge in [0.1, 0.15) is 11.5 Å². The summed E-state index contributed by atoms with van der Waals surface area (Å²) in [6.45, 7) is 1.49. The topological polar surface area (TPSA) is 50.8 Å². The molecular formula is C15H22N2O3. The molecule has 1 N–H and O–H groups in total. The van der Waals surface area contributed by atoms with Crippen molar-refractivity contribution in [3.8, 4) is 11.5 Å². The number of carbonyl (C=O) groups is 1. The first-order valence-electron chi connectivity index (χ1n) is 6.86. The predicted octanol–water partition coefficient (Wildman–Crippen LogP) is 1.59. The monoisotopic (exact) mass is 278 g/mol. The van der Waals surface area contributed by atoms with Crippen molar-refractivity contribution in [2.75, 3.05) is 34.4 Å². The van der Waals surface area contributed by atoms with Gasteiger partial charge in [0.2, 0.25) is 5.91 Å². The Balaban J connectivity index is 2.23. The first-order chi connectivity index (χ1) is 9.69. The maximum Gasteiger partial charge on any atom is 0.222 e. The number of hydrogen-bond acceptors (Lipinski definition) is 4. The van der Waals surface area contributed by atoms with Gasteiger partial charge in [-0.1, -0.05) is 0 Å². The molecule has 1 unspecified atom stereocenters. The summed E-state index contributed by atoms with van der Waals surface area (Å²) in [5.41, 5.74) is 1.01. The molecule has 1 amide bonds. The van der Waals surface area contributed by atoms with Gasteiger partial charge in [-0.15, -0.1) is 0 Å². The summed E-state index contributed by atoms with van der Waals surface area (Å²) < 4.78 is 10.7. The molecule has 0 radical (unpaired) electrons. The first kappa shape index (κ1) is 14.7. The summed E-state index contributed by atoms with van der Waals surface area (Å²) >= 11 is 0. The number of benzene rings is 1. The molecule has 0 bridgehead atoms. The van der Waals surface area contributed by atoms with Crippen LogP contribution in [0.15, 0.2) is 18.2 Å². The molecule has 5 heteroatoms. The average molecular weight is 278 g/mol. The van der Waals surface area contributed by atoms with Crippen LogP contribution in [0, 0.1) is 0 Å². The molecule has 110 valence electrons. The lowest BCUT2D eigenvalue weighted by atomic mass is 10.0. The number of hydrogen-bond donors (Lipinski definition) is 1. The normalized spacial score (nSPS) is 16.4. The fourth-order valence-electron chi connectivity index (χ4n) is 2.57. The van der Waals surface area contributed by atoms with E-state index in [4.69, 9.17) is 9.47 Å². The molecule has 20 heavy (non-hydrogen) atoms. The van der Waals surface area contributed by atoms with Gasteiger partial charge in [0.25, 0.3) is 0 Å². The van der Waals surface area contributed by atoms with Crippen LogP contribution in [0.1, 0.15) is 24.4 Å². The van der Waals surface area contributed by atoms with E-state index < -0.39 is 0 Å². The van der Waals surface area contributed by atoms with Crippen molar-refractivity contribution in [1.29, 1.82) is 0 Å². The number of carbonyl (C=O) groups excluding carboxylic acids is 1. The number of nitrogens with zero attached hydrogens (tertiary/aromatic N) is 1. The third-order valence-electron chi connectivity index (χ3n) is 3.74. The molecule has 1 fully saturated rings. The Labute approximate surface area is 119 Å². The molecule has 5 nitrogen and oxygen atoms in total. The Morgan fingerprint density at radius 1 is 1.35 bits per heavy atom. The smallest absolute Gasteiger partial charge is 0.222 e. The van der Waals surface area contributed by atoms with E-state index in [1.165, 1.54) is 0 Å². The Morgan fingerprint density at radius 2 is 2.15 bits per heavy atom. The van der Waals surface area contributed by atoms with Crippen LogP contribution >= 0.6 is 0 Å². The van der Waals surface area contributed by atoms with Crippen molar-refractivity contribution < 1.29 is 14.3 Å². The van der Waals surface area contributed by atoms with E-state index in [9.17, 15) is 4.79 Å². The lowest BCUT2D eigenvalue weighted by molar-refractivity contribution is -0.128. The van der Waals surface area contributed by atoms with Crippen molar-refractivity contribution in [2.24, 2.45) is 0 Å². The molecule has 1 aromatic carbocycles. The van der Waals surface area contributed by atoms with Gasteiger partial charge < -0.3 is 19.7 Å². The second-order valence-electron chi connectivity index (χ2n) is 4.89. The van der Waals surface area contributed by atoms with E-state index in [1.807, 2.05) is 30.1 Å². The molecule has 1 saturated heterocycles. The Bertz CT molecular complexity index is 476. The van der Waals surface area contributed by atoms with Gasteiger partial charge in [-0.25, -0.2) is 0 Å². The highest BCUT2D eigenvalue weighted by molar-refractivity contribution is 5.78. The van der Waals surface area contributed by atoms with Crippen molar-refractivity contribution in [1.82, 2.24) is 10.2 Å². The molecule has 1 aliphatic heterocycles. The minimum absolute atomic E-state index is 0.0297. The van der Waals surface area contributed by atoms with Crippen molar-refractivity contribution in [3.05, 3.63) is 23.8 Å². The third kappa shape index (κ3) is 3.04. The van der Waals surface area contributed by atoms with Crippen LogP contribution in [-0.4, -0.2) is 45.2 Å². The van der Waals surface area contributed by atoms with Gasteiger partial charge in [0.05, 0.1) is 20.3 Å². The number of nitrogens with one attached hydrogen (secondary N) is 1. The van der Waals surface area contributed by atoms with Crippen LogP contribution in [0.5, 0.6) is 11.5 Å². The summed E-state index contributed by atoms with van der Waals surface area (Å²) in [5, 5.41) is 3.26. The summed E-state index contributed by atoms with van der Waals surface area (Å²) in [5.74, 6) is 1.82. The van der Waals surface area contributed by atoms with Crippen LogP contribution in [0.25, 0.3) is 0 Å². The lowest BCUT2D eigenvalue weighted by Crippen LogP contribution is -2.34. The zero-order chi connectivity index (χ0) is 14.5. The first-order valence-corrected chi connectivity index (χ1v) is 6.86. The van der Waals surface area contributed by atoms with Crippen LogP contribution in [-0.2, 0) is 4.79 Å². The number of likely N-dealkylation sites (tertiary alicyclic amines) is 1. The predicted molar refractivity (Wildman–Crippen MR) is 77.2 cm³/mol. The summed E-state index contributed by atoms with van der Waals surface area (Å²) in [7, 11) is 5.19. The average Bonchev–Trinajstić information content (AvgIpc) is 2.89. The lowest BCUT2D eigenvalue weighted by Gasteiger charge is -2.25. The SMILES string of the molecule is CNC(CN1CCCC1=O)c1cc(OC)ccc1OC. The second kappa shape index (κ2) is 6.61. The minimum Gasteiger partial charge on any atom is -0.497 e. The fourth-order valence-corrected chi connectivity index (χ4v) is 2.57. The number of likely N-dealkylation sites (N-methyl/N-ethyl adjacent to an activating group) is 1. The fraction of sp³-hybridized carbons (Fsp3) is 0.533. The van der Waals surface area contributed by atoms with E-state index in [-0.39, 0.29) is 11.9 Å². The van der Waals surface area contributed by atoms with E-state index in [0.29, 0.717) is 13.0 Å². The van der Waals surface area contributed by atoms with Crippen LogP contribution < -0.4 is 14.8 Å². The van der Waals surface area contributed by atoms with Gasteiger partial charge in [-0.3, -0.25) is 4.79 Å². The molecule has 1 heterocycles. The number of ether oxygens (including phenoxy) is 2. The van der Waals surface area contributed by atoms with E-state index in [2.05, 4.69) is 5.32 Å². The second-order valence-corrected chi connectivity index (χ2v) is 4.89. The molecule has 0 aliphatic carbocycles. The zero-order valence-electron chi connectivity index (χ0n) is 12.3. The van der Waals surface area contributed by atoms with Crippen LogP contribution in [0.3, 0.4) is 0 Å². The standard InChI is InChI=1S/C15H22N2O3/c1-16-13(10-17-8-4-5-15(17)18)12-9-11(19-2)6-7-14(12)20-3/h6-7,9,13,16H,4-5,8,10H2,1-3H3. The van der Waals surface area contributed by atoms with Crippen molar-refractivity contribution in [2.45, 2.75) is 18.9 Å². The number of amides is 1. The molecule has 1 aliphatic rings. The molecule has 0 saturated carbocycles. The largest absolute Gasteiger partial charge is 0.497 e. The Kier molecular flexibility index (Phi) is 4.84. The van der Waals surface area contributed by atoms with Crippen molar-refractivity contribution in [3.63, 3.8) is 0 Å². The third-order valence-corrected chi connectivity index (χ3v) is 3.74. The Hall–Kier alpha value is -1.75. The maximum atomic E-state index is 11.8. The molecule has 0 spiro atoms. The van der Waals surface area contributed by atoms with Crippen LogP contribution in [0.4, 0.5) is 0 Å². The van der Waals surface area contributed by atoms with Gasteiger partial charge in [-0.2, -0.15) is 0 Å². The quantitative estimate of drug-likeness (QED) is 0.858. The molecular weight excluding hydrogens is 256 g/mol. The maximum absolute atomic E-state index is 11.8. The van der Waals surface area contributed by atoms with E-state index in [1.54, 1.807) is 14.2 Å². The molecule has 2 rings (SSSR count). The van der Waals surface area contributed by atoms with E-state index >= 15 is 0 Å². The summed E-state index contributed by atoms with van der Waals surface area (Å²) in [4.78, 5) is 13.7. The van der Waals surface area contributed by atoms with Crippen LogP contribution in [0.2, 0.25) is 0 Å². The highest BCUT2D eigenvalue weighted by Crippen LogP contribution is 2.30. The number of methoxy groups -OCH3 is 2. The highest BCUT2D eigenvalue weighted by atomic mass is 16.5. The van der Waals surface area contributed by atoms with Gasteiger partial charge in [0.15, 0.2) is 0 Å². The number of rotatable bonds is 6. The van der Waals surface area contributed by atoms with Gasteiger partial charge in [0, 0.05) is 25.1 Å². The highest BCUT2D eigenvalue weighted by Gasteiger charge is 2.25. The summed E-state index contributed by atoms with van der Waals surface area (Å²) in [6, 6.07) is 5.75. The summed E-state index contributed by atoms with van der Waals surface area (Å²) in [6.07, 6.45) is 1.61. The van der Waals surface area contributed by atoms with E-state index in [0.717, 1.165) is 30.0 Å². The zero-order valence-corrected chi connectivity index (χ0v) is 12.3. The minimum atomic E-state index is 0.0297. The Morgan fingerprint density at radius 3 is 2.70 bits per heavy atom. The van der Waals surface area contributed by atoms with Crippen molar-refractivity contribution >= 4 is 5.91 Å². The molecule has 1 aromatic rings. The van der Waals surface area contributed by atoms with Gasteiger partial charge in [-0.05, 0) is 31.7 Å². The molecule has 0 aromatic heterocycles.